The number of nitrogens with zero attached hydrogens (tertiary/aromatic N) is 1. The van der Waals surface area contributed by atoms with Crippen LogP contribution >= 0.6 is 11.6 Å². The molecule has 0 radical (unpaired) electrons. The van der Waals surface area contributed by atoms with Crippen molar-refractivity contribution in [3.05, 3.63) is 34.9 Å². The zero-order valence-corrected chi connectivity index (χ0v) is 11.4. The van der Waals surface area contributed by atoms with E-state index in [2.05, 4.69) is 4.99 Å². The Bertz CT molecular complexity index is 711. The number of carboxylic acid groups (broad SMARTS) is 1. The van der Waals surface area contributed by atoms with Crippen LogP contribution in [0, 0.1) is 5.41 Å². The predicted octanol–water partition coefficient (Wildman–Crippen LogP) is 2.29. The number of aromatic carboxylic acids is 1. The number of hydrogen-bond acceptors (Lipinski definition) is 3. The summed E-state index contributed by atoms with van der Waals surface area (Å²) in [5.74, 6) is -0.459. The maximum atomic E-state index is 12.2. The summed E-state index contributed by atoms with van der Waals surface area (Å²) in [5.41, 5.74) is 2.21. The van der Waals surface area contributed by atoms with Crippen molar-refractivity contribution in [1.82, 2.24) is 0 Å². The van der Waals surface area contributed by atoms with E-state index in [4.69, 9.17) is 11.6 Å². The normalized spacial score (nSPS) is 33.0. The molecule has 0 amide bonds. The van der Waals surface area contributed by atoms with Crippen molar-refractivity contribution in [2.75, 3.05) is 12.4 Å². The molecule has 1 heterocycles. The lowest BCUT2D eigenvalue weighted by molar-refractivity contribution is 0.0696. The molecule has 1 fully saturated rings. The predicted molar refractivity (Wildman–Crippen MR) is 74.1 cm³/mol. The van der Waals surface area contributed by atoms with Crippen molar-refractivity contribution < 1.29 is 14.7 Å². The van der Waals surface area contributed by atoms with Crippen LogP contribution in [0.4, 0.5) is 0 Å². The fourth-order valence-corrected chi connectivity index (χ4v) is 4.32. The van der Waals surface area contributed by atoms with Crippen molar-refractivity contribution in [3.63, 3.8) is 0 Å². The lowest BCUT2D eigenvalue weighted by atomic mass is 9.74. The van der Waals surface area contributed by atoms with E-state index in [0.717, 1.165) is 17.7 Å². The van der Waals surface area contributed by atoms with Crippen LogP contribution in [0.2, 0.25) is 0 Å². The maximum Gasteiger partial charge on any atom is 0.335 e. The fraction of sp³-hybridized carbons (Fsp3) is 0.400. The summed E-state index contributed by atoms with van der Waals surface area (Å²) < 4.78 is 0. The van der Waals surface area contributed by atoms with Gasteiger partial charge in [-0.3, -0.25) is 9.79 Å². The summed E-state index contributed by atoms with van der Waals surface area (Å²) in [4.78, 5) is 27.9. The van der Waals surface area contributed by atoms with E-state index in [1.807, 2.05) is 0 Å². The molecule has 0 saturated heterocycles. The van der Waals surface area contributed by atoms with E-state index >= 15 is 0 Å². The standard InChI is InChI=1S/C15H12ClNO3/c16-6-14-5-15(14)10-3-8(13(19)20)1-2-9(10)11(18)4-12(15)17-7-14/h1-3H,4-7H2,(H,19,20). The van der Waals surface area contributed by atoms with Gasteiger partial charge in [0.2, 0.25) is 0 Å². The Kier molecular flexibility index (Phi) is 2.11. The first kappa shape index (κ1) is 12.1. The third kappa shape index (κ3) is 1.17. The van der Waals surface area contributed by atoms with Gasteiger partial charge in [-0.05, 0) is 24.1 Å². The van der Waals surface area contributed by atoms with Gasteiger partial charge >= 0.3 is 5.97 Å². The average Bonchev–Trinajstić information content (AvgIpc) is 3.02. The van der Waals surface area contributed by atoms with Gasteiger partial charge in [0.15, 0.2) is 5.78 Å². The molecule has 1 N–H and O–H groups in total. The molecule has 102 valence electrons. The SMILES string of the molecule is O=C(O)c1ccc2c(c1)C13CC1(CCl)CN=C3CC2=O. The monoisotopic (exact) mass is 289 g/mol. The first-order valence-corrected chi connectivity index (χ1v) is 7.08. The highest BCUT2D eigenvalue weighted by atomic mass is 35.5. The molecule has 3 aliphatic rings. The highest BCUT2D eigenvalue weighted by Gasteiger charge is 2.74. The van der Waals surface area contributed by atoms with Crippen LogP contribution in [-0.4, -0.2) is 35.0 Å². The fourth-order valence-electron chi connectivity index (χ4n) is 3.91. The molecule has 1 aliphatic heterocycles. The minimum atomic E-state index is -0.976. The number of rotatable bonds is 2. The lowest BCUT2D eigenvalue weighted by Gasteiger charge is -2.27. The van der Waals surface area contributed by atoms with Crippen molar-refractivity contribution in [1.29, 1.82) is 0 Å². The number of carboxylic acids is 1. The number of aliphatic imine (C=N–C) groups is 1. The Morgan fingerprint density at radius 3 is 2.90 bits per heavy atom. The van der Waals surface area contributed by atoms with Gasteiger partial charge in [0.25, 0.3) is 0 Å². The first-order valence-electron chi connectivity index (χ1n) is 6.55. The maximum absolute atomic E-state index is 12.2. The van der Waals surface area contributed by atoms with Crippen molar-refractivity contribution in [2.24, 2.45) is 10.4 Å². The van der Waals surface area contributed by atoms with Crippen molar-refractivity contribution in [3.8, 4) is 0 Å². The largest absolute Gasteiger partial charge is 0.478 e. The number of carbonyl (C=O) groups is 2. The molecule has 2 aliphatic carbocycles. The van der Waals surface area contributed by atoms with E-state index in [0.29, 0.717) is 24.4 Å². The molecule has 1 spiro atoms. The van der Waals surface area contributed by atoms with E-state index in [-0.39, 0.29) is 22.2 Å². The van der Waals surface area contributed by atoms with Gasteiger partial charge in [0, 0.05) is 41.0 Å². The number of fused-ring (bicyclic) bond motifs is 1. The number of halogens is 1. The number of carbonyl (C=O) groups excluding carboxylic acids is 1. The molecular formula is C15H12ClNO3. The molecule has 4 nitrogen and oxygen atoms in total. The summed E-state index contributed by atoms with van der Waals surface area (Å²) in [7, 11) is 0. The van der Waals surface area contributed by atoms with Crippen LogP contribution in [0.25, 0.3) is 0 Å². The van der Waals surface area contributed by atoms with Crippen LogP contribution in [0.5, 0.6) is 0 Å². The second-order valence-electron chi connectivity index (χ2n) is 5.92. The van der Waals surface area contributed by atoms with Crippen LogP contribution in [0.3, 0.4) is 0 Å². The molecule has 5 heteroatoms. The van der Waals surface area contributed by atoms with E-state index in [9.17, 15) is 14.7 Å². The number of benzene rings is 1. The van der Waals surface area contributed by atoms with E-state index < -0.39 is 5.97 Å². The van der Waals surface area contributed by atoms with E-state index in [1.54, 1.807) is 12.1 Å². The van der Waals surface area contributed by atoms with Crippen LogP contribution in [0.15, 0.2) is 23.2 Å². The third-order valence-electron chi connectivity index (χ3n) is 5.06. The molecule has 1 aromatic carbocycles. The van der Waals surface area contributed by atoms with Crippen LogP contribution in [0.1, 0.15) is 39.1 Å². The minimum absolute atomic E-state index is 0.0265. The highest BCUT2D eigenvalue weighted by Crippen LogP contribution is 2.71. The lowest BCUT2D eigenvalue weighted by Crippen LogP contribution is -2.33. The zero-order chi connectivity index (χ0) is 14.1. The second-order valence-corrected chi connectivity index (χ2v) is 6.19. The van der Waals surface area contributed by atoms with Crippen molar-refractivity contribution >= 4 is 29.1 Å². The highest BCUT2D eigenvalue weighted by molar-refractivity contribution is 6.24. The zero-order valence-electron chi connectivity index (χ0n) is 10.6. The number of hydrogen-bond donors (Lipinski definition) is 1. The Labute approximate surface area is 120 Å². The van der Waals surface area contributed by atoms with Gasteiger partial charge in [0.1, 0.15) is 0 Å². The number of Topliss-reactive ketones (excluding diaryl/α,β-unsaturated/α-hetero) is 1. The van der Waals surface area contributed by atoms with Gasteiger partial charge in [-0.25, -0.2) is 4.79 Å². The minimum Gasteiger partial charge on any atom is -0.478 e. The molecule has 0 bridgehead atoms. The Balaban J connectivity index is 1.97. The smallest absolute Gasteiger partial charge is 0.335 e. The van der Waals surface area contributed by atoms with Gasteiger partial charge in [0.05, 0.1) is 5.56 Å². The summed E-state index contributed by atoms with van der Waals surface area (Å²) in [6.07, 6.45) is 1.23. The molecule has 2 unspecified atom stereocenters. The van der Waals surface area contributed by atoms with Gasteiger partial charge in [-0.15, -0.1) is 11.6 Å². The van der Waals surface area contributed by atoms with Crippen LogP contribution < -0.4 is 0 Å². The Morgan fingerprint density at radius 2 is 2.25 bits per heavy atom. The summed E-state index contributed by atoms with van der Waals surface area (Å²) in [6.45, 7) is 0.649. The van der Waals surface area contributed by atoms with Crippen LogP contribution in [-0.2, 0) is 5.41 Å². The van der Waals surface area contributed by atoms with Gasteiger partial charge in [-0.2, -0.15) is 0 Å². The quantitative estimate of drug-likeness (QED) is 0.850. The molecule has 20 heavy (non-hydrogen) atoms. The second kappa shape index (κ2) is 3.50. The molecule has 4 rings (SSSR count). The molecule has 0 aromatic heterocycles. The Morgan fingerprint density at radius 1 is 1.45 bits per heavy atom. The topological polar surface area (TPSA) is 66.7 Å². The summed E-state index contributed by atoms with van der Waals surface area (Å²) in [6, 6.07) is 4.78. The molecule has 2 atom stereocenters. The molecule has 1 aromatic rings. The molecule has 1 saturated carbocycles. The van der Waals surface area contributed by atoms with Gasteiger partial charge in [-0.1, -0.05) is 6.07 Å². The summed E-state index contributed by atoms with van der Waals surface area (Å²) >= 11 is 6.14. The number of alkyl halides is 1. The third-order valence-corrected chi connectivity index (χ3v) is 5.57. The Hall–Kier alpha value is -1.68. The number of ketones is 1. The average molecular weight is 290 g/mol. The van der Waals surface area contributed by atoms with Gasteiger partial charge < -0.3 is 5.11 Å². The summed E-state index contributed by atoms with van der Waals surface area (Å²) in [5, 5.41) is 9.17. The molecular weight excluding hydrogens is 278 g/mol. The van der Waals surface area contributed by atoms with Crippen molar-refractivity contribution in [2.45, 2.75) is 18.3 Å². The first-order chi connectivity index (χ1) is 9.54. The van der Waals surface area contributed by atoms with E-state index in [1.165, 1.54) is 6.07 Å².